The summed E-state index contributed by atoms with van der Waals surface area (Å²) in [6.45, 7) is 3.94. The second-order valence-electron chi connectivity index (χ2n) is 4.18. The Labute approximate surface area is 91.5 Å². The molecule has 0 N–H and O–H groups in total. The first kappa shape index (κ1) is 12.5. The monoisotopic (exact) mass is 215 g/mol. The van der Waals surface area contributed by atoms with Crippen molar-refractivity contribution >= 4 is 6.47 Å². The SMILES string of the molecule is COC=O.COCC12CCCN1CCC2. The summed E-state index contributed by atoms with van der Waals surface area (Å²) in [5.74, 6) is 0. The minimum atomic E-state index is 0.375. The fourth-order valence-electron chi connectivity index (χ4n) is 2.73. The molecule has 0 bridgehead atoms. The molecule has 88 valence electrons. The van der Waals surface area contributed by atoms with Gasteiger partial charge in [-0.05, 0) is 38.8 Å². The Kier molecular flexibility index (Phi) is 5.05. The van der Waals surface area contributed by atoms with Gasteiger partial charge in [0.05, 0.1) is 13.7 Å². The van der Waals surface area contributed by atoms with E-state index in [1.807, 2.05) is 7.11 Å². The summed E-state index contributed by atoms with van der Waals surface area (Å²) in [5, 5.41) is 0. The van der Waals surface area contributed by atoms with Crippen LogP contribution in [0.4, 0.5) is 0 Å². The maximum atomic E-state index is 8.95. The standard InChI is InChI=1S/C9H17NO.C2H4O2/c1-11-8-9-4-2-6-10(9)7-3-5-9;1-4-2-3/h2-8H2,1H3;2H,1H3. The first-order valence-electron chi connectivity index (χ1n) is 5.49. The van der Waals surface area contributed by atoms with Gasteiger partial charge < -0.3 is 9.47 Å². The minimum absolute atomic E-state index is 0.375. The minimum Gasteiger partial charge on any atom is -0.471 e. The van der Waals surface area contributed by atoms with E-state index in [-0.39, 0.29) is 0 Å². The quantitative estimate of drug-likeness (QED) is 0.660. The molecule has 4 heteroatoms. The zero-order valence-electron chi connectivity index (χ0n) is 9.70. The molecule has 0 unspecified atom stereocenters. The topological polar surface area (TPSA) is 38.8 Å². The summed E-state index contributed by atoms with van der Waals surface area (Å²) in [7, 11) is 3.14. The number of nitrogens with zero attached hydrogens (tertiary/aromatic N) is 1. The van der Waals surface area contributed by atoms with Gasteiger partial charge in [-0.1, -0.05) is 0 Å². The average molecular weight is 215 g/mol. The number of hydrogen-bond acceptors (Lipinski definition) is 4. The summed E-state index contributed by atoms with van der Waals surface area (Å²) >= 11 is 0. The van der Waals surface area contributed by atoms with Crippen LogP contribution in [0.3, 0.4) is 0 Å². The molecule has 0 aromatic heterocycles. The van der Waals surface area contributed by atoms with E-state index in [0.717, 1.165) is 6.61 Å². The third-order valence-corrected chi connectivity index (χ3v) is 3.32. The normalized spacial score (nSPS) is 22.8. The van der Waals surface area contributed by atoms with E-state index >= 15 is 0 Å². The Bertz CT molecular complexity index is 186. The average Bonchev–Trinajstić information content (AvgIpc) is 2.77. The zero-order valence-corrected chi connectivity index (χ0v) is 9.70. The lowest BCUT2D eigenvalue weighted by Crippen LogP contribution is -2.42. The lowest BCUT2D eigenvalue weighted by molar-refractivity contribution is -0.126. The predicted molar refractivity (Wildman–Crippen MR) is 57.7 cm³/mol. The fraction of sp³-hybridized carbons (Fsp3) is 0.909. The lowest BCUT2D eigenvalue weighted by Gasteiger charge is -2.30. The van der Waals surface area contributed by atoms with Crippen LogP contribution in [-0.4, -0.2) is 50.8 Å². The smallest absolute Gasteiger partial charge is 0.292 e. The number of methoxy groups -OCH3 is 2. The van der Waals surface area contributed by atoms with Crippen molar-refractivity contribution in [2.75, 3.05) is 33.9 Å². The first-order chi connectivity index (χ1) is 7.29. The summed E-state index contributed by atoms with van der Waals surface area (Å²) in [6, 6.07) is 0. The number of ether oxygens (including phenoxy) is 2. The molecule has 2 aliphatic rings. The maximum Gasteiger partial charge on any atom is 0.292 e. The Morgan fingerprint density at radius 2 is 1.80 bits per heavy atom. The van der Waals surface area contributed by atoms with E-state index in [1.54, 1.807) is 0 Å². The van der Waals surface area contributed by atoms with Crippen molar-refractivity contribution in [3.63, 3.8) is 0 Å². The second kappa shape index (κ2) is 6.08. The van der Waals surface area contributed by atoms with Gasteiger partial charge in [0.1, 0.15) is 0 Å². The summed E-state index contributed by atoms with van der Waals surface area (Å²) in [6.07, 6.45) is 5.48. The Morgan fingerprint density at radius 1 is 1.27 bits per heavy atom. The molecule has 0 radical (unpaired) electrons. The summed E-state index contributed by atoms with van der Waals surface area (Å²) < 4.78 is 9.15. The van der Waals surface area contributed by atoms with Crippen LogP contribution in [-0.2, 0) is 14.3 Å². The zero-order chi connectivity index (χ0) is 11.1. The third-order valence-electron chi connectivity index (χ3n) is 3.32. The largest absolute Gasteiger partial charge is 0.471 e. The molecule has 0 aromatic rings. The van der Waals surface area contributed by atoms with E-state index in [1.165, 1.54) is 45.9 Å². The van der Waals surface area contributed by atoms with Gasteiger partial charge in [-0.3, -0.25) is 9.69 Å². The van der Waals surface area contributed by atoms with E-state index in [9.17, 15) is 0 Å². The van der Waals surface area contributed by atoms with Gasteiger partial charge in [0.25, 0.3) is 6.47 Å². The second-order valence-corrected chi connectivity index (χ2v) is 4.18. The number of fused-ring (bicyclic) bond motifs is 1. The molecular weight excluding hydrogens is 194 g/mol. The van der Waals surface area contributed by atoms with Crippen LogP contribution in [0.25, 0.3) is 0 Å². The van der Waals surface area contributed by atoms with Crippen molar-refractivity contribution in [1.29, 1.82) is 0 Å². The van der Waals surface area contributed by atoms with Gasteiger partial charge >= 0.3 is 0 Å². The van der Waals surface area contributed by atoms with Gasteiger partial charge in [-0.2, -0.15) is 0 Å². The van der Waals surface area contributed by atoms with Gasteiger partial charge in [0, 0.05) is 12.6 Å². The van der Waals surface area contributed by atoms with E-state index in [2.05, 4.69) is 9.64 Å². The summed E-state index contributed by atoms with van der Waals surface area (Å²) in [4.78, 5) is 11.6. The Hall–Kier alpha value is -0.610. The molecule has 15 heavy (non-hydrogen) atoms. The summed E-state index contributed by atoms with van der Waals surface area (Å²) in [5.41, 5.74) is 0.467. The highest BCUT2D eigenvalue weighted by Crippen LogP contribution is 2.38. The van der Waals surface area contributed by atoms with Crippen LogP contribution in [0.1, 0.15) is 25.7 Å². The van der Waals surface area contributed by atoms with Crippen LogP contribution in [0, 0.1) is 0 Å². The molecule has 2 rings (SSSR count). The third kappa shape index (κ3) is 2.92. The van der Waals surface area contributed by atoms with Crippen molar-refractivity contribution in [2.45, 2.75) is 31.2 Å². The van der Waals surface area contributed by atoms with Crippen molar-refractivity contribution in [1.82, 2.24) is 4.90 Å². The molecule has 0 aromatic carbocycles. The van der Waals surface area contributed by atoms with Crippen molar-refractivity contribution < 1.29 is 14.3 Å². The van der Waals surface area contributed by atoms with Crippen LogP contribution >= 0.6 is 0 Å². The first-order valence-corrected chi connectivity index (χ1v) is 5.49. The fourth-order valence-corrected chi connectivity index (χ4v) is 2.73. The Balaban J connectivity index is 0.000000245. The number of hydrogen-bond donors (Lipinski definition) is 0. The molecule has 0 atom stereocenters. The van der Waals surface area contributed by atoms with Crippen molar-refractivity contribution in [2.24, 2.45) is 0 Å². The van der Waals surface area contributed by atoms with E-state index in [0.29, 0.717) is 12.0 Å². The van der Waals surface area contributed by atoms with Gasteiger partial charge in [0.2, 0.25) is 0 Å². The number of carbonyl (C=O) groups excluding carboxylic acids is 1. The molecular formula is C11H21NO3. The maximum absolute atomic E-state index is 8.95. The van der Waals surface area contributed by atoms with Gasteiger partial charge in [-0.25, -0.2) is 0 Å². The van der Waals surface area contributed by atoms with Gasteiger partial charge in [0.15, 0.2) is 0 Å². The Morgan fingerprint density at radius 3 is 2.20 bits per heavy atom. The van der Waals surface area contributed by atoms with Crippen molar-refractivity contribution in [3.05, 3.63) is 0 Å². The molecule has 0 amide bonds. The van der Waals surface area contributed by atoms with Crippen LogP contribution in [0.5, 0.6) is 0 Å². The number of rotatable bonds is 3. The molecule has 2 aliphatic heterocycles. The van der Waals surface area contributed by atoms with Crippen LogP contribution in [0.15, 0.2) is 0 Å². The van der Waals surface area contributed by atoms with Crippen LogP contribution in [0.2, 0.25) is 0 Å². The highest BCUT2D eigenvalue weighted by atomic mass is 16.5. The molecule has 0 spiro atoms. The highest BCUT2D eigenvalue weighted by Gasteiger charge is 2.43. The van der Waals surface area contributed by atoms with E-state index in [4.69, 9.17) is 9.53 Å². The molecule has 2 fully saturated rings. The van der Waals surface area contributed by atoms with E-state index < -0.39 is 0 Å². The highest BCUT2D eigenvalue weighted by molar-refractivity contribution is 5.36. The lowest BCUT2D eigenvalue weighted by atomic mass is 9.95. The van der Waals surface area contributed by atoms with Crippen LogP contribution < -0.4 is 0 Å². The molecule has 4 nitrogen and oxygen atoms in total. The molecule has 0 aliphatic carbocycles. The van der Waals surface area contributed by atoms with Gasteiger partial charge in [-0.15, -0.1) is 0 Å². The molecule has 2 heterocycles. The molecule has 0 saturated carbocycles. The molecule has 2 saturated heterocycles. The predicted octanol–water partition coefficient (Wildman–Crippen LogP) is 1.05. The van der Waals surface area contributed by atoms with Crippen molar-refractivity contribution in [3.8, 4) is 0 Å². The number of carbonyl (C=O) groups is 1.